The molecule has 28 heavy (non-hydrogen) atoms. The number of carbonyl (C=O) groups is 2. The second-order valence-corrected chi connectivity index (χ2v) is 7.12. The van der Waals surface area contributed by atoms with E-state index >= 15 is 0 Å². The van der Waals surface area contributed by atoms with Gasteiger partial charge in [-0.1, -0.05) is 0 Å². The maximum absolute atomic E-state index is 13.9. The Hall–Kier alpha value is -2.84. The highest BCUT2D eigenvalue weighted by atomic mass is 19.3. The van der Waals surface area contributed by atoms with E-state index in [0.717, 1.165) is 31.5 Å². The number of rotatable bonds is 6. The number of amides is 2. The molecule has 1 aliphatic carbocycles. The SMILES string of the molecule is O=C(NC1CCN(CC2CC2)C1=O)c1cnc2cc(OC(F)F)c(F)cc2c1.[HH]. The lowest BCUT2D eigenvalue weighted by Crippen LogP contribution is -2.42. The number of nitrogens with one attached hydrogen (secondary N) is 1. The van der Waals surface area contributed by atoms with Crippen molar-refractivity contribution in [2.75, 3.05) is 13.1 Å². The van der Waals surface area contributed by atoms with Gasteiger partial charge >= 0.3 is 6.61 Å². The van der Waals surface area contributed by atoms with Crippen LogP contribution >= 0.6 is 0 Å². The van der Waals surface area contributed by atoms with Gasteiger partial charge in [0.15, 0.2) is 11.6 Å². The number of hydrogen-bond donors (Lipinski definition) is 1. The van der Waals surface area contributed by atoms with E-state index < -0.39 is 30.1 Å². The van der Waals surface area contributed by atoms with Crippen molar-refractivity contribution in [2.24, 2.45) is 5.92 Å². The number of fused-ring (bicyclic) bond motifs is 1. The second kappa shape index (κ2) is 7.29. The molecule has 6 nitrogen and oxygen atoms in total. The molecule has 2 aromatic rings. The average Bonchev–Trinajstić information content (AvgIpc) is 3.41. The summed E-state index contributed by atoms with van der Waals surface area (Å²) in [6, 6.07) is 2.85. The molecular weight excluding hydrogens is 375 g/mol. The molecule has 0 bridgehead atoms. The van der Waals surface area contributed by atoms with Gasteiger partial charge in [0.25, 0.3) is 5.91 Å². The fourth-order valence-electron chi connectivity index (χ4n) is 3.35. The van der Waals surface area contributed by atoms with Crippen molar-refractivity contribution in [1.29, 1.82) is 0 Å². The first kappa shape index (κ1) is 18.5. The zero-order chi connectivity index (χ0) is 19.8. The van der Waals surface area contributed by atoms with Crippen molar-refractivity contribution >= 4 is 22.7 Å². The first-order chi connectivity index (χ1) is 13.4. The Morgan fingerprint density at radius 3 is 2.82 bits per heavy atom. The van der Waals surface area contributed by atoms with E-state index in [1.54, 1.807) is 4.90 Å². The van der Waals surface area contributed by atoms with E-state index in [4.69, 9.17) is 0 Å². The van der Waals surface area contributed by atoms with Crippen LogP contribution in [0.15, 0.2) is 24.4 Å². The molecule has 1 aromatic carbocycles. The zero-order valence-corrected chi connectivity index (χ0v) is 14.8. The van der Waals surface area contributed by atoms with E-state index in [1.165, 1.54) is 12.3 Å². The Labute approximate surface area is 160 Å². The number of ether oxygens (including phenoxy) is 1. The predicted molar refractivity (Wildman–Crippen MR) is 95.6 cm³/mol. The highest BCUT2D eigenvalue weighted by Gasteiger charge is 2.36. The number of halogens is 3. The van der Waals surface area contributed by atoms with Crippen LogP contribution < -0.4 is 10.1 Å². The third-order valence-corrected chi connectivity index (χ3v) is 4.99. The van der Waals surface area contributed by atoms with Gasteiger partial charge in [-0.25, -0.2) is 4.39 Å². The lowest BCUT2D eigenvalue weighted by molar-refractivity contribution is -0.129. The van der Waals surface area contributed by atoms with Gasteiger partial charge in [-0.15, -0.1) is 0 Å². The van der Waals surface area contributed by atoms with Crippen LogP contribution in [0, 0.1) is 11.7 Å². The molecule has 1 saturated carbocycles. The Morgan fingerprint density at radius 2 is 2.11 bits per heavy atom. The van der Waals surface area contributed by atoms with Crippen LogP contribution in [-0.2, 0) is 4.79 Å². The molecule has 1 aromatic heterocycles. The molecule has 1 atom stereocenters. The number of pyridine rings is 1. The van der Waals surface area contributed by atoms with Gasteiger partial charge in [-0.05, 0) is 37.3 Å². The third kappa shape index (κ3) is 3.88. The number of alkyl halides is 2. The summed E-state index contributed by atoms with van der Waals surface area (Å²) in [7, 11) is 0. The van der Waals surface area contributed by atoms with Crippen molar-refractivity contribution in [3.63, 3.8) is 0 Å². The van der Waals surface area contributed by atoms with E-state index in [2.05, 4.69) is 15.0 Å². The molecule has 2 fully saturated rings. The molecule has 1 saturated heterocycles. The van der Waals surface area contributed by atoms with E-state index in [1.807, 2.05) is 0 Å². The summed E-state index contributed by atoms with van der Waals surface area (Å²) >= 11 is 0. The van der Waals surface area contributed by atoms with Gasteiger partial charge in [0.1, 0.15) is 6.04 Å². The smallest absolute Gasteiger partial charge is 0.387 e. The van der Waals surface area contributed by atoms with Crippen molar-refractivity contribution in [2.45, 2.75) is 31.9 Å². The van der Waals surface area contributed by atoms with Gasteiger partial charge in [0, 0.05) is 32.2 Å². The lowest BCUT2D eigenvalue weighted by atomic mass is 10.1. The topological polar surface area (TPSA) is 71.5 Å². The highest BCUT2D eigenvalue weighted by molar-refractivity contribution is 6.00. The Morgan fingerprint density at radius 1 is 1.32 bits per heavy atom. The standard InChI is InChI=1S/C19H18F3N3O3.H2/c20-13-6-11-5-12(8-23-15(11)7-16(13)28-19(21)22)17(26)24-14-3-4-25(18(14)27)9-10-1-2-10;/h5-8,10,14,19H,1-4,9H2,(H,24,26);1H. The summed E-state index contributed by atoms with van der Waals surface area (Å²) < 4.78 is 42.6. The summed E-state index contributed by atoms with van der Waals surface area (Å²) in [4.78, 5) is 30.7. The van der Waals surface area contributed by atoms with Crippen molar-refractivity contribution < 1.29 is 28.9 Å². The average molecular weight is 395 g/mol. The van der Waals surface area contributed by atoms with Crippen LogP contribution in [-0.4, -0.2) is 47.4 Å². The molecule has 1 N–H and O–H groups in total. The molecule has 9 heteroatoms. The lowest BCUT2D eigenvalue weighted by Gasteiger charge is -2.16. The summed E-state index contributed by atoms with van der Waals surface area (Å²) in [6.07, 6.45) is 4.08. The number of nitrogens with zero attached hydrogens (tertiary/aromatic N) is 2. The molecule has 150 valence electrons. The molecule has 1 unspecified atom stereocenters. The molecule has 0 spiro atoms. The largest absolute Gasteiger partial charge is 0.432 e. The number of likely N-dealkylation sites (tertiary alicyclic amines) is 1. The van der Waals surface area contributed by atoms with Gasteiger partial charge in [0.05, 0.1) is 11.1 Å². The molecule has 4 rings (SSSR count). The van der Waals surface area contributed by atoms with E-state index in [0.29, 0.717) is 18.9 Å². The minimum absolute atomic E-state index is 0. The van der Waals surface area contributed by atoms with Crippen molar-refractivity contribution in [3.8, 4) is 5.75 Å². The monoisotopic (exact) mass is 395 g/mol. The first-order valence-corrected chi connectivity index (χ1v) is 9.04. The summed E-state index contributed by atoms with van der Waals surface area (Å²) in [5.74, 6) is -1.59. The fraction of sp³-hybridized carbons (Fsp3) is 0.421. The first-order valence-electron chi connectivity index (χ1n) is 9.04. The van der Waals surface area contributed by atoms with Gasteiger partial charge < -0.3 is 15.0 Å². The zero-order valence-electron chi connectivity index (χ0n) is 14.8. The summed E-state index contributed by atoms with van der Waals surface area (Å²) in [6.45, 7) is -1.79. The molecule has 1 aliphatic heterocycles. The third-order valence-electron chi connectivity index (χ3n) is 4.99. The van der Waals surface area contributed by atoms with Crippen LogP contribution in [0.1, 0.15) is 31.0 Å². The summed E-state index contributed by atoms with van der Waals surface area (Å²) in [5.41, 5.74) is 0.365. The predicted octanol–water partition coefficient (Wildman–Crippen LogP) is 2.96. The van der Waals surface area contributed by atoms with Crippen LogP contribution in [0.5, 0.6) is 5.75 Å². The van der Waals surface area contributed by atoms with Crippen LogP contribution in [0.25, 0.3) is 10.9 Å². The molecular formula is C19H20F3N3O3. The normalized spacial score (nSPS) is 19.5. The minimum atomic E-state index is -3.15. The summed E-state index contributed by atoms with van der Waals surface area (Å²) in [5, 5.41) is 2.96. The van der Waals surface area contributed by atoms with Crippen LogP contribution in [0.2, 0.25) is 0 Å². The molecule has 2 heterocycles. The quantitative estimate of drug-likeness (QED) is 0.816. The number of hydrogen-bond acceptors (Lipinski definition) is 4. The molecule has 0 radical (unpaired) electrons. The maximum Gasteiger partial charge on any atom is 0.387 e. The van der Waals surface area contributed by atoms with Gasteiger partial charge in [0.2, 0.25) is 5.91 Å². The Balaban J connectivity index is 0.00000240. The van der Waals surface area contributed by atoms with Gasteiger partial charge in [-0.3, -0.25) is 14.6 Å². The highest BCUT2D eigenvalue weighted by Crippen LogP contribution is 2.31. The van der Waals surface area contributed by atoms with E-state index in [9.17, 15) is 22.8 Å². The fourth-order valence-corrected chi connectivity index (χ4v) is 3.35. The van der Waals surface area contributed by atoms with Crippen molar-refractivity contribution in [3.05, 3.63) is 35.8 Å². The Kier molecular flexibility index (Phi) is 4.82. The second-order valence-electron chi connectivity index (χ2n) is 7.12. The molecule has 2 amide bonds. The van der Waals surface area contributed by atoms with Crippen molar-refractivity contribution in [1.82, 2.24) is 15.2 Å². The number of benzene rings is 1. The molecule has 2 aliphatic rings. The minimum Gasteiger partial charge on any atom is -0.432 e. The Bertz CT molecular complexity index is 940. The van der Waals surface area contributed by atoms with Crippen LogP contribution in [0.3, 0.4) is 0 Å². The van der Waals surface area contributed by atoms with E-state index in [-0.39, 0.29) is 23.8 Å². The number of carbonyl (C=O) groups excluding carboxylic acids is 2. The number of aromatic nitrogens is 1. The van der Waals surface area contributed by atoms with Gasteiger partial charge in [-0.2, -0.15) is 8.78 Å². The maximum atomic E-state index is 13.9. The van der Waals surface area contributed by atoms with Crippen LogP contribution in [0.4, 0.5) is 13.2 Å².